The number of hydrogen-bond donors (Lipinski definition) is 2. The summed E-state index contributed by atoms with van der Waals surface area (Å²) in [6.45, 7) is 5.45. The van der Waals surface area contributed by atoms with Crippen LogP contribution in [0.5, 0.6) is 0 Å². The summed E-state index contributed by atoms with van der Waals surface area (Å²) in [4.78, 5) is 26.0. The summed E-state index contributed by atoms with van der Waals surface area (Å²) in [7, 11) is 0. The summed E-state index contributed by atoms with van der Waals surface area (Å²) in [6, 6.07) is 1.55. The van der Waals surface area contributed by atoms with Crippen molar-refractivity contribution in [1.82, 2.24) is 4.90 Å². The largest absolute Gasteiger partial charge is 0.398 e. The van der Waals surface area contributed by atoms with Gasteiger partial charge in [0.25, 0.3) is 5.91 Å². The summed E-state index contributed by atoms with van der Waals surface area (Å²) in [5.74, 6) is -0.725. The van der Waals surface area contributed by atoms with Crippen molar-refractivity contribution >= 4 is 28.8 Å². The number of anilines is 1. The van der Waals surface area contributed by atoms with E-state index in [-0.39, 0.29) is 18.5 Å². The van der Waals surface area contributed by atoms with Crippen molar-refractivity contribution in [3.05, 3.63) is 15.8 Å². The van der Waals surface area contributed by atoms with Gasteiger partial charge < -0.3 is 16.4 Å². The second kappa shape index (κ2) is 5.18. The number of thiophene rings is 1. The molecule has 1 rings (SSSR count). The van der Waals surface area contributed by atoms with E-state index in [0.29, 0.717) is 10.6 Å². The van der Waals surface area contributed by atoms with Gasteiger partial charge in [0, 0.05) is 16.6 Å². The zero-order valence-corrected chi connectivity index (χ0v) is 11.0. The molecule has 0 radical (unpaired) electrons. The summed E-state index contributed by atoms with van der Waals surface area (Å²) < 4.78 is 0. The van der Waals surface area contributed by atoms with Gasteiger partial charge in [-0.05, 0) is 26.8 Å². The maximum atomic E-state index is 12.2. The number of primary amides is 1. The van der Waals surface area contributed by atoms with Crippen molar-refractivity contribution in [1.29, 1.82) is 0 Å². The van der Waals surface area contributed by atoms with Crippen LogP contribution < -0.4 is 11.5 Å². The van der Waals surface area contributed by atoms with E-state index in [0.717, 1.165) is 4.88 Å². The molecule has 6 heteroatoms. The molecule has 0 aliphatic rings. The molecule has 0 unspecified atom stereocenters. The van der Waals surface area contributed by atoms with Crippen molar-refractivity contribution in [3.63, 3.8) is 0 Å². The van der Waals surface area contributed by atoms with Gasteiger partial charge in [-0.3, -0.25) is 9.59 Å². The van der Waals surface area contributed by atoms with Gasteiger partial charge in [-0.2, -0.15) is 0 Å². The van der Waals surface area contributed by atoms with Gasteiger partial charge in [0.15, 0.2) is 0 Å². The smallest absolute Gasteiger partial charge is 0.264 e. The summed E-state index contributed by atoms with van der Waals surface area (Å²) in [5, 5.41) is 0. The minimum absolute atomic E-state index is 0.0760. The van der Waals surface area contributed by atoms with Gasteiger partial charge in [0.05, 0.1) is 11.4 Å². The highest BCUT2D eigenvalue weighted by Gasteiger charge is 2.22. The number of amides is 2. The Morgan fingerprint density at radius 2 is 2.06 bits per heavy atom. The van der Waals surface area contributed by atoms with Gasteiger partial charge in [-0.1, -0.05) is 0 Å². The second-order valence-electron chi connectivity index (χ2n) is 4.12. The third-order valence-corrected chi connectivity index (χ3v) is 3.43. The fourth-order valence-corrected chi connectivity index (χ4v) is 2.30. The Kier molecular flexibility index (Phi) is 4.11. The number of nitrogens with two attached hydrogens (primary N) is 2. The number of nitrogens with zero attached hydrogens (tertiary/aromatic N) is 1. The highest BCUT2D eigenvalue weighted by molar-refractivity contribution is 7.14. The molecule has 4 N–H and O–H groups in total. The average molecular weight is 255 g/mol. The van der Waals surface area contributed by atoms with E-state index >= 15 is 0 Å². The molecule has 0 atom stereocenters. The number of carbonyl (C=O) groups excluding carboxylic acids is 2. The molecule has 0 saturated heterocycles. The molecule has 1 heterocycles. The zero-order chi connectivity index (χ0) is 13.2. The lowest BCUT2D eigenvalue weighted by Gasteiger charge is -2.24. The van der Waals surface area contributed by atoms with E-state index in [1.54, 1.807) is 6.07 Å². The lowest BCUT2D eigenvalue weighted by Crippen LogP contribution is -2.42. The van der Waals surface area contributed by atoms with Crippen LogP contribution in [0.15, 0.2) is 6.07 Å². The number of hydrogen-bond acceptors (Lipinski definition) is 4. The molecule has 0 fully saturated rings. The lowest BCUT2D eigenvalue weighted by molar-refractivity contribution is -0.119. The summed E-state index contributed by atoms with van der Waals surface area (Å²) in [5.41, 5.74) is 11.4. The molecule has 1 aromatic heterocycles. The average Bonchev–Trinajstić information content (AvgIpc) is 2.54. The highest BCUT2D eigenvalue weighted by Crippen LogP contribution is 2.25. The normalized spacial score (nSPS) is 10.6. The van der Waals surface area contributed by atoms with E-state index in [2.05, 4.69) is 0 Å². The van der Waals surface area contributed by atoms with Gasteiger partial charge in [0.2, 0.25) is 5.91 Å². The maximum absolute atomic E-state index is 12.2. The van der Waals surface area contributed by atoms with Crippen LogP contribution in [-0.4, -0.2) is 29.3 Å². The van der Waals surface area contributed by atoms with Gasteiger partial charge in [-0.15, -0.1) is 11.3 Å². The topological polar surface area (TPSA) is 89.4 Å². The molecule has 0 aliphatic heterocycles. The first kappa shape index (κ1) is 13.5. The molecule has 0 saturated carbocycles. The van der Waals surface area contributed by atoms with E-state index in [1.807, 2.05) is 20.8 Å². The molecule has 0 spiro atoms. The highest BCUT2D eigenvalue weighted by atomic mass is 32.1. The molecule has 1 aromatic rings. The second-order valence-corrected chi connectivity index (χ2v) is 5.37. The van der Waals surface area contributed by atoms with Crippen LogP contribution in [0.3, 0.4) is 0 Å². The molecule has 2 amide bonds. The van der Waals surface area contributed by atoms with Gasteiger partial charge in [-0.25, -0.2) is 0 Å². The first-order valence-electron chi connectivity index (χ1n) is 5.28. The van der Waals surface area contributed by atoms with E-state index in [1.165, 1.54) is 16.2 Å². The van der Waals surface area contributed by atoms with Crippen LogP contribution in [0.2, 0.25) is 0 Å². The van der Waals surface area contributed by atoms with Gasteiger partial charge in [0.1, 0.15) is 0 Å². The Bertz CT molecular complexity index is 420. The van der Waals surface area contributed by atoms with Crippen molar-refractivity contribution in [3.8, 4) is 0 Å². The van der Waals surface area contributed by atoms with E-state index in [4.69, 9.17) is 11.5 Å². The predicted octanol–water partition coefficient (Wildman–Crippen LogP) is 0.975. The Morgan fingerprint density at radius 3 is 2.41 bits per heavy atom. The van der Waals surface area contributed by atoms with Crippen molar-refractivity contribution < 1.29 is 9.59 Å². The first-order chi connectivity index (χ1) is 7.82. The minimum Gasteiger partial charge on any atom is -0.398 e. The predicted molar refractivity (Wildman–Crippen MR) is 68.8 cm³/mol. The van der Waals surface area contributed by atoms with Crippen LogP contribution in [0.1, 0.15) is 28.4 Å². The maximum Gasteiger partial charge on any atom is 0.264 e. The quantitative estimate of drug-likeness (QED) is 0.840. The van der Waals surface area contributed by atoms with Crippen molar-refractivity contribution in [2.45, 2.75) is 26.8 Å². The molecule has 5 nitrogen and oxygen atoms in total. The molecular weight excluding hydrogens is 238 g/mol. The lowest BCUT2D eigenvalue weighted by atomic mass is 10.2. The fraction of sp³-hybridized carbons (Fsp3) is 0.455. The van der Waals surface area contributed by atoms with Crippen LogP contribution in [-0.2, 0) is 4.79 Å². The third-order valence-electron chi connectivity index (χ3n) is 2.38. The number of aryl methyl sites for hydroxylation is 1. The van der Waals surface area contributed by atoms with Crippen LogP contribution in [0.25, 0.3) is 0 Å². The number of rotatable bonds is 4. The zero-order valence-electron chi connectivity index (χ0n) is 10.2. The van der Waals surface area contributed by atoms with Crippen molar-refractivity contribution in [2.75, 3.05) is 12.3 Å². The molecule has 17 heavy (non-hydrogen) atoms. The minimum atomic E-state index is -0.520. The molecular formula is C11H17N3O2S. The number of carbonyl (C=O) groups is 2. The Morgan fingerprint density at radius 1 is 1.47 bits per heavy atom. The monoisotopic (exact) mass is 255 g/mol. The van der Waals surface area contributed by atoms with Gasteiger partial charge >= 0.3 is 0 Å². The third kappa shape index (κ3) is 3.20. The van der Waals surface area contributed by atoms with Crippen LogP contribution >= 0.6 is 11.3 Å². The Balaban J connectivity index is 2.95. The van der Waals surface area contributed by atoms with Crippen LogP contribution in [0.4, 0.5) is 5.69 Å². The van der Waals surface area contributed by atoms with Crippen molar-refractivity contribution in [2.24, 2.45) is 5.73 Å². The number of nitrogen functional groups attached to an aromatic ring is 1. The first-order valence-corrected chi connectivity index (χ1v) is 6.09. The molecule has 0 aliphatic carbocycles. The van der Waals surface area contributed by atoms with E-state index < -0.39 is 5.91 Å². The SMILES string of the molecule is Cc1sc(C(=O)N(CC(N)=O)C(C)C)cc1N. The van der Waals surface area contributed by atoms with Crippen LogP contribution in [0, 0.1) is 6.92 Å². The molecule has 94 valence electrons. The summed E-state index contributed by atoms with van der Waals surface area (Å²) >= 11 is 1.33. The Hall–Kier alpha value is -1.56. The van der Waals surface area contributed by atoms with E-state index in [9.17, 15) is 9.59 Å². The molecule has 0 bridgehead atoms. The molecule has 0 aromatic carbocycles. The fourth-order valence-electron chi connectivity index (χ4n) is 1.40. The summed E-state index contributed by atoms with van der Waals surface area (Å²) in [6.07, 6.45) is 0. The standard InChI is InChI=1S/C11H17N3O2S/c1-6(2)14(5-10(13)15)11(16)9-4-8(12)7(3)17-9/h4,6H,5,12H2,1-3H3,(H2,13,15). The Labute approximate surface area is 104 Å².